The molecule has 0 fully saturated rings. The summed E-state index contributed by atoms with van der Waals surface area (Å²) in [4.78, 5) is 17.8. The third-order valence-corrected chi connectivity index (χ3v) is 4.92. The summed E-state index contributed by atoms with van der Waals surface area (Å²) >= 11 is 3.50. The number of nitrogens with zero attached hydrogens (tertiary/aromatic N) is 1. The molecule has 0 atom stereocenters. The van der Waals surface area contributed by atoms with E-state index in [1.54, 1.807) is 7.11 Å². The van der Waals surface area contributed by atoms with Crippen molar-refractivity contribution < 1.29 is 9.53 Å². The zero-order valence-corrected chi connectivity index (χ0v) is 16.7. The largest absolute Gasteiger partial charge is 0.497 e. The molecule has 0 aliphatic rings. The van der Waals surface area contributed by atoms with Gasteiger partial charge in [0.15, 0.2) is 0 Å². The number of nitrogens with one attached hydrogen (secondary N) is 1. The van der Waals surface area contributed by atoms with Gasteiger partial charge in [0.1, 0.15) is 5.75 Å². The highest BCUT2D eigenvalue weighted by molar-refractivity contribution is 9.10. The van der Waals surface area contributed by atoms with Gasteiger partial charge in [0.05, 0.1) is 23.9 Å². The summed E-state index contributed by atoms with van der Waals surface area (Å²) in [6, 6.07) is 24.6. The Morgan fingerprint density at radius 2 is 1.75 bits per heavy atom. The molecule has 1 amide bonds. The number of amides is 1. The number of fused-ring (bicyclic) bond motifs is 1. The minimum absolute atomic E-state index is 0.181. The lowest BCUT2D eigenvalue weighted by Gasteiger charge is -2.11. The van der Waals surface area contributed by atoms with Crippen LogP contribution in [0.1, 0.15) is 10.4 Å². The van der Waals surface area contributed by atoms with Crippen molar-refractivity contribution in [3.63, 3.8) is 0 Å². The number of para-hydroxylation sites is 1. The summed E-state index contributed by atoms with van der Waals surface area (Å²) in [7, 11) is 1.61. The number of rotatable bonds is 4. The fourth-order valence-corrected chi connectivity index (χ4v) is 3.43. The van der Waals surface area contributed by atoms with Crippen LogP contribution in [0.15, 0.2) is 83.3 Å². The minimum atomic E-state index is -0.181. The van der Waals surface area contributed by atoms with E-state index in [-0.39, 0.29) is 5.91 Å². The van der Waals surface area contributed by atoms with Gasteiger partial charge in [-0.1, -0.05) is 46.3 Å². The number of aromatic nitrogens is 1. The molecule has 0 bridgehead atoms. The van der Waals surface area contributed by atoms with Gasteiger partial charge in [-0.25, -0.2) is 4.98 Å². The van der Waals surface area contributed by atoms with Crippen LogP contribution in [0.5, 0.6) is 5.75 Å². The molecule has 1 heterocycles. The highest BCUT2D eigenvalue weighted by Crippen LogP contribution is 2.27. The normalized spacial score (nSPS) is 10.6. The van der Waals surface area contributed by atoms with Crippen molar-refractivity contribution >= 4 is 38.4 Å². The summed E-state index contributed by atoms with van der Waals surface area (Å²) in [5.41, 5.74) is 3.76. The SMILES string of the molecule is COc1ccc(NC(=O)c2cc(-c3cccc(Br)c3)nc3ccccc23)cc1. The minimum Gasteiger partial charge on any atom is -0.497 e. The van der Waals surface area contributed by atoms with Gasteiger partial charge in [0.25, 0.3) is 5.91 Å². The molecule has 0 spiro atoms. The fourth-order valence-electron chi connectivity index (χ4n) is 3.03. The first-order chi connectivity index (χ1) is 13.6. The molecule has 0 unspecified atom stereocenters. The quantitative estimate of drug-likeness (QED) is 0.434. The Kier molecular flexibility index (Phi) is 5.08. The van der Waals surface area contributed by atoms with Crippen molar-refractivity contribution in [2.24, 2.45) is 0 Å². The molecular formula is C23H17BrN2O2. The first-order valence-electron chi connectivity index (χ1n) is 8.75. The zero-order chi connectivity index (χ0) is 19.5. The summed E-state index contributed by atoms with van der Waals surface area (Å²) in [6.07, 6.45) is 0. The van der Waals surface area contributed by atoms with Gasteiger partial charge in [-0.2, -0.15) is 0 Å². The van der Waals surface area contributed by atoms with Crippen LogP contribution in [0.3, 0.4) is 0 Å². The summed E-state index contributed by atoms with van der Waals surface area (Å²) in [5, 5.41) is 3.77. The second kappa shape index (κ2) is 7.82. The predicted molar refractivity (Wildman–Crippen MR) is 116 cm³/mol. The monoisotopic (exact) mass is 432 g/mol. The van der Waals surface area contributed by atoms with E-state index in [9.17, 15) is 4.79 Å². The Morgan fingerprint density at radius 1 is 0.964 bits per heavy atom. The number of halogens is 1. The maximum atomic E-state index is 13.1. The fraction of sp³-hybridized carbons (Fsp3) is 0.0435. The molecule has 4 rings (SSSR count). The second-order valence-electron chi connectivity index (χ2n) is 6.27. The van der Waals surface area contributed by atoms with Gasteiger partial charge >= 0.3 is 0 Å². The van der Waals surface area contributed by atoms with Crippen molar-refractivity contribution in [1.29, 1.82) is 0 Å². The number of carbonyl (C=O) groups is 1. The smallest absolute Gasteiger partial charge is 0.256 e. The molecule has 0 aliphatic carbocycles. The van der Waals surface area contributed by atoms with Crippen LogP contribution < -0.4 is 10.1 Å². The average Bonchev–Trinajstić information content (AvgIpc) is 2.73. The number of pyridine rings is 1. The second-order valence-corrected chi connectivity index (χ2v) is 7.18. The van der Waals surface area contributed by atoms with Gasteiger partial charge in [-0.15, -0.1) is 0 Å². The molecule has 4 nitrogen and oxygen atoms in total. The summed E-state index contributed by atoms with van der Waals surface area (Å²) < 4.78 is 6.13. The predicted octanol–water partition coefficient (Wildman–Crippen LogP) is 5.93. The Hall–Kier alpha value is -3.18. The van der Waals surface area contributed by atoms with Gasteiger partial charge in [-0.3, -0.25) is 4.79 Å². The maximum absolute atomic E-state index is 13.1. The van der Waals surface area contributed by atoms with E-state index in [1.165, 1.54) is 0 Å². The van der Waals surface area contributed by atoms with E-state index in [2.05, 4.69) is 21.2 Å². The Morgan fingerprint density at radius 3 is 2.50 bits per heavy atom. The van der Waals surface area contributed by atoms with Gasteiger partial charge < -0.3 is 10.1 Å². The van der Waals surface area contributed by atoms with Crippen LogP contribution >= 0.6 is 15.9 Å². The number of hydrogen-bond acceptors (Lipinski definition) is 3. The Labute approximate surface area is 171 Å². The van der Waals surface area contributed by atoms with Crippen molar-refractivity contribution in [2.45, 2.75) is 0 Å². The number of anilines is 1. The van der Waals surface area contributed by atoms with Crippen molar-refractivity contribution in [3.05, 3.63) is 88.9 Å². The first kappa shape index (κ1) is 18.2. The van der Waals surface area contributed by atoms with E-state index < -0.39 is 0 Å². The molecule has 0 aliphatic heterocycles. The number of carbonyl (C=O) groups excluding carboxylic acids is 1. The highest BCUT2D eigenvalue weighted by Gasteiger charge is 2.14. The molecule has 138 valence electrons. The van der Waals surface area contributed by atoms with Crippen LogP contribution in [-0.4, -0.2) is 18.0 Å². The van der Waals surface area contributed by atoms with Gasteiger partial charge in [-0.05, 0) is 48.5 Å². The first-order valence-corrected chi connectivity index (χ1v) is 9.54. The lowest BCUT2D eigenvalue weighted by molar-refractivity contribution is 0.102. The molecule has 28 heavy (non-hydrogen) atoms. The molecule has 0 saturated carbocycles. The van der Waals surface area contributed by atoms with Gasteiger partial charge in [0, 0.05) is 21.1 Å². The van der Waals surface area contributed by atoms with Crippen molar-refractivity contribution in [2.75, 3.05) is 12.4 Å². The summed E-state index contributed by atoms with van der Waals surface area (Å²) in [5.74, 6) is 0.560. The van der Waals surface area contributed by atoms with Crippen molar-refractivity contribution in [1.82, 2.24) is 4.98 Å². The van der Waals surface area contributed by atoms with Crippen LogP contribution in [0.2, 0.25) is 0 Å². The molecule has 0 saturated heterocycles. The lowest BCUT2D eigenvalue weighted by Crippen LogP contribution is -2.13. The lowest BCUT2D eigenvalue weighted by atomic mass is 10.0. The van der Waals surface area contributed by atoms with Crippen LogP contribution in [0.4, 0.5) is 5.69 Å². The molecule has 3 aromatic carbocycles. The zero-order valence-electron chi connectivity index (χ0n) is 15.1. The number of benzene rings is 3. The molecular weight excluding hydrogens is 416 g/mol. The molecule has 1 aromatic heterocycles. The number of ether oxygens (including phenoxy) is 1. The maximum Gasteiger partial charge on any atom is 0.256 e. The topological polar surface area (TPSA) is 51.2 Å². The third kappa shape index (κ3) is 3.75. The molecule has 1 N–H and O–H groups in total. The van der Waals surface area contributed by atoms with E-state index in [0.29, 0.717) is 11.3 Å². The van der Waals surface area contributed by atoms with E-state index in [0.717, 1.165) is 32.4 Å². The third-order valence-electron chi connectivity index (χ3n) is 4.43. The Bertz CT molecular complexity index is 1160. The standard InChI is InChI=1S/C23H17BrN2O2/c1-28-18-11-9-17(10-12-18)25-23(27)20-14-22(15-5-4-6-16(24)13-15)26-21-8-3-2-7-19(20)21/h2-14H,1H3,(H,25,27). The number of methoxy groups -OCH3 is 1. The van der Waals surface area contributed by atoms with Crippen molar-refractivity contribution in [3.8, 4) is 17.0 Å². The highest BCUT2D eigenvalue weighted by atomic mass is 79.9. The number of hydrogen-bond donors (Lipinski definition) is 1. The van der Waals surface area contributed by atoms with Crippen LogP contribution in [-0.2, 0) is 0 Å². The molecule has 0 radical (unpaired) electrons. The summed E-state index contributed by atoms with van der Waals surface area (Å²) in [6.45, 7) is 0. The van der Waals surface area contributed by atoms with Crippen LogP contribution in [0, 0.1) is 0 Å². The van der Waals surface area contributed by atoms with E-state index in [4.69, 9.17) is 9.72 Å². The molecule has 4 aromatic rings. The Balaban J connectivity index is 1.77. The van der Waals surface area contributed by atoms with E-state index >= 15 is 0 Å². The van der Waals surface area contributed by atoms with Crippen LogP contribution in [0.25, 0.3) is 22.2 Å². The average molecular weight is 433 g/mol. The van der Waals surface area contributed by atoms with Gasteiger partial charge in [0.2, 0.25) is 0 Å². The van der Waals surface area contributed by atoms with E-state index in [1.807, 2.05) is 78.9 Å². The molecule has 5 heteroatoms.